The van der Waals surface area contributed by atoms with Gasteiger partial charge in [-0.3, -0.25) is 14.5 Å². The maximum atomic E-state index is 12.8. The SMILES string of the molecule is COc1ccccc1C(=O)NC1CC2CCCC(C1)N2CC(=O)Nc1ccccc1. The van der Waals surface area contributed by atoms with Crippen LogP contribution in [-0.4, -0.2) is 48.5 Å². The zero-order valence-corrected chi connectivity index (χ0v) is 17.3. The van der Waals surface area contributed by atoms with Crippen LogP contribution < -0.4 is 15.4 Å². The van der Waals surface area contributed by atoms with E-state index in [1.165, 1.54) is 6.42 Å². The Balaban J connectivity index is 1.37. The molecule has 4 rings (SSSR count). The number of amides is 2. The zero-order chi connectivity index (χ0) is 20.9. The number of anilines is 1. The first-order valence-corrected chi connectivity index (χ1v) is 10.7. The predicted octanol–water partition coefficient (Wildman–Crippen LogP) is 3.45. The number of piperidine rings is 2. The van der Waals surface area contributed by atoms with Gasteiger partial charge in [0.15, 0.2) is 0 Å². The summed E-state index contributed by atoms with van der Waals surface area (Å²) in [7, 11) is 1.58. The van der Waals surface area contributed by atoms with Gasteiger partial charge in [-0.1, -0.05) is 36.8 Å². The van der Waals surface area contributed by atoms with Gasteiger partial charge in [-0.05, 0) is 49.9 Å². The molecule has 6 nitrogen and oxygen atoms in total. The first-order valence-electron chi connectivity index (χ1n) is 10.7. The molecule has 2 bridgehead atoms. The second-order valence-electron chi connectivity index (χ2n) is 8.17. The number of hydrogen-bond donors (Lipinski definition) is 2. The van der Waals surface area contributed by atoms with E-state index in [-0.39, 0.29) is 17.9 Å². The molecule has 0 radical (unpaired) electrons. The Morgan fingerprint density at radius 3 is 2.37 bits per heavy atom. The minimum absolute atomic E-state index is 0.0228. The van der Waals surface area contributed by atoms with Crippen molar-refractivity contribution in [3.8, 4) is 5.75 Å². The van der Waals surface area contributed by atoms with Crippen LogP contribution in [0.2, 0.25) is 0 Å². The summed E-state index contributed by atoms with van der Waals surface area (Å²) < 4.78 is 5.33. The highest BCUT2D eigenvalue weighted by Gasteiger charge is 2.39. The van der Waals surface area contributed by atoms with Crippen LogP contribution in [0.5, 0.6) is 5.75 Å². The normalized spacial score (nSPS) is 23.4. The van der Waals surface area contributed by atoms with Crippen molar-refractivity contribution in [1.29, 1.82) is 0 Å². The summed E-state index contributed by atoms with van der Waals surface area (Å²) in [6.45, 7) is 0.400. The fourth-order valence-electron chi connectivity index (χ4n) is 4.84. The van der Waals surface area contributed by atoms with Crippen molar-refractivity contribution in [2.24, 2.45) is 0 Å². The molecule has 0 saturated carbocycles. The third-order valence-electron chi connectivity index (χ3n) is 6.20. The van der Waals surface area contributed by atoms with Crippen LogP contribution in [-0.2, 0) is 4.79 Å². The third-order valence-corrected chi connectivity index (χ3v) is 6.20. The fraction of sp³-hybridized carbons (Fsp3) is 0.417. The van der Waals surface area contributed by atoms with Gasteiger partial charge in [-0.2, -0.15) is 0 Å². The van der Waals surface area contributed by atoms with E-state index in [4.69, 9.17) is 4.74 Å². The maximum Gasteiger partial charge on any atom is 0.255 e. The van der Waals surface area contributed by atoms with Crippen molar-refractivity contribution in [2.75, 3.05) is 19.0 Å². The van der Waals surface area contributed by atoms with Crippen molar-refractivity contribution >= 4 is 17.5 Å². The average molecular weight is 408 g/mol. The number of para-hydroxylation sites is 2. The smallest absolute Gasteiger partial charge is 0.255 e. The Morgan fingerprint density at radius 1 is 1.00 bits per heavy atom. The van der Waals surface area contributed by atoms with E-state index in [0.717, 1.165) is 31.4 Å². The molecule has 158 valence electrons. The first kappa shape index (κ1) is 20.4. The number of nitrogens with zero attached hydrogens (tertiary/aromatic N) is 1. The van der Waals surface area contributed by atoms with Crippen molar-refractivity contribution < 1.29 is 14.3 Å². The molecule has 2 amide bonds. The summed E-state index contributed by atoms with van der Waals surface area (Å²) in [6, 6.07) is 17.6. The number of nitrogens with one attached hydrogen (secondary N) is 2. The summed E-state index contributed by atoms with van der Waals surface area (Å²) in [5, 5.41) is 6.20. The van der Waals surface area contributed by atoms with Crippen molar-refractivity contribution in [1.82, 2.24) is 10.2 Å². The number of rotatable bonds is 6. The number of ether oxygens (including phenoxy) is 1. The van der Waals surface area contributed by atoms with Gasteiger partial charge in [-0.25, -0.2) is 0 Å². The van der Waals surface area contributed by atoms with Gasteiger partial charge in [0.1, 0.15) is 5.75 Å². The number of methoxy groups -OCH3 is 1. The largest absolute Gasteiger partial charge is 0.496 e. The quantitative estimate of drug-likeness (QED) is 0.770. The van der Waals surface area contributed by atoms with E-state index in [1.807, 2.05) is 42.5 Å². The predicted molar refractivity (Wildman–Crippen MR) is 117 cm³/mol. The molecule has 6 heteroatoms. The Kier molecular flexibility index (Phi) is 6.33. The monoisotopic (exact) mass is 407 g/mol. The highest BCUT2D eigenvalue weighted by molar-refractivity contribution is 5.97. The lowest BCUT2D eigenvalue weighted by Crippen LogP contribution is -2.58. The molecule has 30 heavy (non-hydrogen) atoms. The van der Waals surface area contributed by atoms with E-state index in [2.05, 4.69) is 15.5 Å². The third kappa shape index (κ3) is 4.65. The molecule has 2 unspecified atom stereocenters. The number of carbonyl (C=O) groups excluding carboxylic acids is 2. The zero-order valence-electron chi connectivity index (χ0n) is 17.3. The summed E-state index contributed by atoms with van der Waals surface area (Å²) in [4.78, 5) is 27.7. The van der Waals surface area contributed by atoms with E-state index in [0.29, 0.717) is 29.9 Å². The molecule has 2 N–H and O–H groups in total. The van der Waals surface area contributed by atoms with Gasteiger partial charge >= 0.3 is 0 Å². The Morgan fingerprint density at radius 2 is 1.67 bits per heavy atom. The summed E-state index contributed by atoms with van der Waals surface area (Å²) >= 11 is 0. The molecule has 0 aromatic heterocycles. The van der Waals surface area contributed by atoms with E-state index < -0.39 is 0 Å². The Labute approximate surface area is 177 Å². The van der Waals surface area contributed by atoms with Crippen LogP contribution >= 0.6 is 0 Å². The maximum absolute atomic E-state index is 12.8. The molecule has 2 fully saturated rings. The minimum atomic E-state index is -0.0919. The van der Waals surface area contributed by atoms with Gasteiger partial charge in [0.05, 0.1) is 19.2 Å². The topological polar surface area (TPSA) is 70.7 Å². The number of fused-ring (bicyclic) bond motifs is 2. The molecule has 2 atom stereocenters. The van der Waals surface area contributed by atoms with Gasteiger partial charge in [0, 0.05) is 23.8 Å². The highest BCUT2D eigenvalue weighted by Crippen LogP contribution is 2.34. The number of benzene rings is 2. The van der Waals surface area contributed by atoms with Crippen LogP contribution in [0, 0.1) is 0 Å². The number of hydrogen-bond acceptors (Lipinski definition) is 4. The van der Waals surface area contributed by atoms with Crippen LogP contribution in [0.3, 0.4) is 0 Å². The summed E-state index contributed by atoms with van der Waals surface area (Å²) in [5.41, 5.74) is 1.39. The molecule has 2 saturated heterocycles. The molecule has 2 aliphatic rings. The second kappa shape index (κ2) is 9.30. The Bertz CT molecular complexity index is 872. The van der Waals surface area contributed by atoms with Crippen molar-refractivity contribution in [2.45, 2.75) is 50.2 Å². The van der Waals surface area contributed by atoms with E-state index >= 15 is 0 Å². The van der Waals surface area contributed by atoms with Gasteiger partial charge < -0.3 is 15.4 Å². The average Bonchev–Trinajstić information content (AvgIpc) is 2.75. The van der Waals surface area contributed by atoms with Crippen LogP contribution in [0.15, 0.2) is 54.6 Å². The molecule has 2 aliphatic heterocycles. The lowest BCUT2D eigenvalue weighted by atomic mass is 9.81. The number of carbonyl (C=O) groups is 2. The molecule has 2 aromatic carbocycles. The Hall–Kier alpha value is -2.86. The van der Waals surface area contributed by atoms with Gasteiger partial charge in [0.2, 0.25) is 5.91 Å². The van der Waals surface area contributed by atoms with Crippen molar-refractivity contribution in [3.05, 3.63) is 60.2 Å². The summed E-state index contributed by atoms with van der Waals surface area (Å²) in [5.74, 6) is 0.519. The minimum Gasteiger partial charge on any atom is -0.496 e. The second-order valence-corrected chi connectivity index (χ2v) is 8.17. The molecular formula is C24H29N3O3. The van der Waals surface area contributed by atoms with E-state index in [1.54, 1.807) is 19.2 Å². The van der Waals surface area contributed by atoms with Gasteiger partial charge in [-0.15, -0.1) is 0 Å². The molecule has 2 heterocycles. The fourth-order valence-corrected chi connectivity index (χ4v) is 4.84. The van der Waals surface area contributed by atoms with Crippen LogP contribution in [0.1, 0.15) is 42.5 Å². The molecule has 2 aromatic rings. The summed E-state index contributed by atoms with van der Waals surface area (Å²) in [6.07, 6.45) is 5.05. The molecule has 0 spiro atoms. The molecular weight excluding hydrogens is 378 g/mol. The highest BCUT2D eigenvalue weighted by atomic mass is 16.5. The van der Waals surface area contributed by atoms with Crippen LogP contribution in [0.4, 0.5) is 5.69 Å². The lowest BCUT2D eigenvalue weighted by Gasteiger charge is -2.48. The van der Waals surface area contributed by atoms with Gasteiger partial charge in [0.25, 0.3) is 5.91 Å². The van der Waals surface area contributed by atoms with E-state index in [9.17, 15) is 9.59 Å². The molecule has 0 aliphatic carbocycles. The van der Waals surface area contributed by atoms with Crippen LogP contribution in [0.25, 0.3) is 0 Å². The lowest BCUT2D eigenvalue weighted by molar-refractivity contribution is -0.120. The standard InChI is InChI=1S/C24H29N3O3/c1-30-22-13-6-5-12-21(22)24(29)26-18-14-19-10-7-11-20(15-18)27(19)16-23(28)25-17-8-3-2-4-9-17/h2-6,8-9,12-13,18-20H,7,10-11,14-16H2,1H3,(H,25,28)(H,26,29). The van der Waals surface area contributed by atoms with Crippen molar-refractivity contribution in [3.63, 3.8) is 0 Å². The first-order chi connectivity index (χ1) is 14.6.